The summed E-state index contributed by atoms with van der Waals surface area (Å²) in [5.41, 5.74) is 3.61. The molecule has 0 heterocycles. The van der Waals surface area contributed by atoms with Gasteiger partial charge in [-0.05, 0) is 40.5 Å². The molecule has 2 rings (SSSR count). The molecule has 0 atom stereocenters. The van der Waals surface area contributed by atoms with E-state index in [0.717, 1.165) is 5.56 Å². The minimum atomic E-state index is 0. The number of aryl methyl sites for hydroxylation is 1. The van der Waals surface area contributed by atoms with E-state index in [1.165, 1.54) is 21.9 Å². The molecule has 0 radical (unpaired) electrons. The lowest BCUT2D eigenvalue weighted by Gasteiger charge is -2.09. The zero-order valence-electron chi connectivity index (χ0n) is 8.96. The lowest BCUT2D eigenvalue weighted by atomic mass is 9.95. The standard InChI is InChI=1S/C15H14.2CH4/c1-4-12-10-13-8-6-7-9-15(13)11(3)14(12)5-2;;/h4-10H,1-2H2,3H3;2*1H4. The molecule has 17 heavy (non-hydrogen) atoms. The van der Waals surface area contributed by atoms with Gasteiger partial charge in [-0.2, -0.15) is 0 Å². The maximum atomic E-state index is 3.86. The van der Waals surface area contributed by atoms with Crippen LogP contribution < -0.4 is 0 Å². The highest BCUT2D eigenvalue weighted by Crippen LogP contribution is 2.26. The van der Waals surface area contributed by atoms with Crippen molar-refractivity contribution in [3.05, 3.63) is 60.2 Å². The van der Waals surface area contributed by atoms with E-state index in [9.17, 15) is 0 Å². The van der Waals surface area contributed by atoms with Crippen molar-refractivity contribution in [1.29, 1.82) is 0 Å². The molecule has 0 heteroatoms. The van der Waals surface area contributed by atoms with Crippen LogP contribution in [0, 0.1) is 6.92 Å². The third-order valence-corrected chi connectivity index (χ3v) is 2.81. The number of rotatable bonds is 2. The van der Waals surface area contributed by atoms with Crippen LogP contribution in [0.3, 0.4) is 0 Å². The van der Waals surface area contributed by atoms with Crippen LogP contribution in [0.2, 0.25) is 0 Å². The van der Waals surface area contributed by atoms with Gasteiger partial charge in [0.25, 0.3) is 0 Å². The van der Waals surface area contributed by atoms with Gasteiger partial charge in [-0.25, -0.2) is 0 Å². The topological polar surface area (TPSA) is 0 Å². The van der Waals surface area contributed by atoms with Crippen molar-refractivity contribution in [2.45, 2.75) is 21.8 Å². The molecule has 2 aromatic carbocycles. The average Bonchev–Trinajstić information content (AvgIpc) is 2.29. The highest BCUT2D eigenvalue weighted by atomic mass is 14.1. The fourth-order valence-electron chi connectivity index (χ4n) is 2.01. The predicted molar refractivity (Wildman–Crippen MR) is 82.3 cm³/mol. The van der Waals surface area contributed by atoms with Crippen LogP contribution in [0.1, 0.15) is 31.5 Å². The molecule has 0 saturated carbocycles. The number of fused-ring (bicyclic) bond motifs is 1. The van der Waals surface area contributed by atoms with E-state index in [-0.39, 0.29) is 14.9 Å². The van der Waals surface area contributed by atoms with Crippen LogP contribution in [-0.2, 0) is 0 Å². The van der Waals surface area contributed by atoms with E-state index >= 15 is 0 Å². The third-order valence-electron chi connectivity index (χ3n) is 2.81. The first-order valence-corrected chi connectivity index (χ1v) is 5.05. The predicted octanol–water partition coefficient (Wildman–Crippen LogP) is 5.71. The first-order chi connectivity index (χ1) is 7.27. The van der Waals surface area contributed by atoms with Gasteiger partial charge >= 0.3 is 0 Å². The molecule has 0 N–H and O–H groups in total. The summed E-state index contributed by atoms with van der Waals surface area (Å²) in [6.07, 6.45) is 3.79. The Labute approximate surface area is 105 Å². The Bertz CT molecular complexity index is 533. The van der Waals surface area contributed by atoms with Gasteiger partial charge < -0.3 is 0 Å². The molecule has 0 fully saturated rings. The smallest absolute Gasteiger partial charge is 0.0148 e. The van der Waals surface area contributed by atoms with Crippen LogP contribution in [0.25, 0.3) is 22.9 Å². The minimum absolute atomic E-state index is 0. The Kier molecular flexibility index (Phi) is 5.40. The maximum absolute atomic E-state index is 3.86. The molecule has 0 spiro atoms. The summed E-state index contributed by atoms with van der Waals surface area (Å²) < 4.78 is 0. The van der Waals surface area contributed by atoms with Crippen molar-refractivity contribution >= 4 is 22.9 Å². The molecule has 0 nitrogen and oxygen atoms in total. The number of hydrogen-bond donors (Lipinski definition) is 0. The van der Waals surface area contributed by atoms with E-state index in [0.29, 0.717) is 0 Å². The highest BCUT2D eigenvalue weighted by molar-refractivity contribution is 5.91. The SMILES string of the molecule is C.C.C=Cc1cc2ccccc2c(C)c1C=C. The normalized spacial score (nSPS) is 9.00. The van der Waals surface area contributed by atoms with Gasteiger partial charge in [0.1, 0.15) is 0 Å². The summed E-state index contributed by atoms with van der Waals surface area (Å²) in [6.45, 7) is 9.83. The van der Waals surface area contributed by atoms with Crippen molar-refractivity contribution in [2.24, 2.45) is 0 Å². The molecule has 2 aromatic rings. The average molecular weight is 226 g/mol. The van der Waals surface area contributed by atoms with Crippen molar-refractivity contribution < 1.29 is 0 Å². The van der Waals surface area contributed by atoms with Gasteiger partial charge in [-0.1, -0.05) is 64.4 Å². The zero-order chi connectivity index (χ0) is 10.8. The maximum Gasteiger partial charge on any atom is -0.0148 e. The van der Waals surface area contributed by atoms with Gasteiger partial charge in [0.05, 0.1) is 0 Å². The molecule has 0 aliphatic carbocycles. The van der Waals surface area contributed by atoms with E-state index in [1.807, 2.05) is 12.2 Å². The summed E-state index contributed by atoms with van der Waals surface area (Å²) in [5.74, 6) is 0. The van der Waals surface area contributed by atoms with Gasteiger partial charge in [-0.3, -0.25) is 0 Å². The minimum Gasteiger partial charge on any atom is -0.0984 e. The molecule has 0 aliphatic heterocycles. The van der Waals surface area contributed by atoms with Crippen LogP contribution in [0.4, 0.5) is 0 Å². The molecule has 0 unspecified atom stereocenters. The first-order valence-electron chi connectivity index (χ1n) is 5.05. The Hall–Kier alpha value is -1.82. The third kappa shape index (κ3) is 2.47. The van der Waals surface area contributed by atoms with E-state index < -0.39 is 0 Å². The zero-order valence-corrected chi connectivity index (χ0v) is 8.96. The number of benzene rings is 2. The van der Waals surface area contributed by atoms with Crippen molar-refractivity contribution in [3.63, 3.8) is 0 Å². The molecular weight excluding hydrogens is 204 g/mol. The summed E-state index contributed by atoms with van der Waals surface area (Å²) in [6, 6.07) is 10.6. The monoisotopic (exact) mass is 226 g/mol. The van der Waals surface area contributed by atoms with Gasteiger partial charge in [0, 0.05) is 0 Å². The van der Waals surface area contributed by atoms with Gasteiger partial charge in [0.2, 0.25) is 0 Å². The van der Waals surface area contributed by atoms with Crippen LogP contribution in [0.15, 0.2) is 43.5 Å². The first kappa shape index (κ1) is 15.2. The summed E-state index contributed by atoms with van der Waals surface area (Å²) in [7, 11) is 0. The summed E-state index contributed by atoms with van der Waals surface area (Å²) in [4.78, 5) is 0. The second kappa shape index (κ2) is 6.05. The van der Waals surface area contributed by atoms with Crippen LogP contribution >= 0.6 is 0 Å². The largest absolute Gasteiger partial charge is 0.0984 e. The molecular formula is C17H22. The second-order valence-corrected chi connectivity index (χ2v) is 3.63. The fourth-order valence-corrected chi connectivity index (χ4v) is 2.01. The second-order valence-electron chi connectivity index (χ2n) is 3.63. The Balaban J connectivity index is 0.00000128. The highest BCUT2D eigenvalue weighted by Gasteiger charge is 2.04. The van der Waals surface area contributed by atoms with Gasteiger partial charge in [-0.15, -0.1) is 0 Å². The molecule has 90 valence electrons. The molecule has 0 aromatic heterocycles. The molecule has 0 amide bonds. The van der Waals surface area contributed by atoms with E-state index in [4.69, 9.17) is 0 Å². The Morgan fingerprint density at radius 2 is 1.65 bits per heavy atom. The van der Waals surface area contributed by atoms with Crippen LogP contribution in [-0.4, -0.2) is 0 Å². The lowest BCUT2D eigenvalue weighted by Crippen LogP contribution is -1.88. The number of hydrogen-bond acceptors (Lipinski definition) is 0. The molecule has 0 saturated heterocycles. The van der Waals surface area contributed by atoms with Crippen molar-refractivity contribution in [3.8, 4) is 0 Å². The van der Waals surface area contributed by atoms with E-state index in [2.05, 4.69) is 50.4 Å². The lowest BCUT2D eigenvalue weighted by molar-refractivity contribution is 1.48. The van der Waals surface area contributed by atoms with Crippen molar-refractivity contribution in [1.82, 2.24) is 0 Å². The summed E-state index contributed by atoms with van der Waals surface area (Å²) in [5, 5.41) is 2.55. The Morgan fingerprint density at radius 3 is 2.24 bits per heavy atom. The quantitative estimate of drug-likeness (QED) is 0.615. The van der Waals surface area contributed by atoms with Gasteiger partial charge in [0.15, 0.2) is 0 Å². The van der Waals surface area contributed by atoms with Crippen LogP contribution in [0.5, 0.6) is 0 Å². The summed E-state index contributed by atoms with van der Waals surface area (Å²) >= 11 is 0. The molecule has 0 aliphatic rings. The van der Waals surface area contributed by atoms with Crippen molar-refractivity contribution in [2.75, 3.05) is 0 Å². The Morgan fingerprint density at radius 1 is 1.00 bits per heavy atom. The fraction of sp³-hybridized carbons (Fsp3) is 0.176. The van der Waals surface area contributed by atoms with E-state index in [1.54, 1.807) is 0 Å². The molecule has 0 bridgehead atoms.